The molecule has 1 aromatic carbocycles. The third-order valence-corrected chi connectivity index (χ3v) is 5.11. The predicted octanol–water partition coefficient (Wildman–Crippen LogP) is 2.43. The fourth-order valence-electron chi connectivity index (χ4n) is 3.63. The average molecular weight is 275 g/mol. The molecular formula is C16H21NO3. The molecule has 2 aliphatic rings. The van der Waals surface area contributed by atoms with Crippen LogP contribution in [0.3, 0.4) is 0 Å². The number of hydrogen-bond acceptors (Lipinski definition) is 3. The molecule has 20 heavy (non-hydrogen) atoms. The summed E-state index contributed by atoms with van der Waals surface area (Å²) in [4.78, 5) is 10.8. The molecule has 0 radical (unpaired) electrons. The van der Waals surface area contributed by atoms with Gasteiger partial charge in [-0.05, 0) is 37.0 Å². The van der Waals surface area contributed by atoms with E-state index in [4.69, 9.17) is 9.84 Å². The van der Waals surface area contributed by atoms with Crippen molar-refractivity contribution in [1.82, 2.24) is 5.32 Å². The third kappa shape index (κ3) is 2.13. The Morgan fingerprint density at radius 1 is 1.40 bits per heavy atom. The maximum absolute atomic E-state index is 10.8. The Labute approximate surface area is 119 Å². The molecule has 1 spiro atoms. The molecule has 108 valence electrons. The van der Waals surface area contributed by atoms with Crippen molar-refractivity contribution >= 4 is 5.97 Å². The number of benzene rings is 1. The van der Waals surface area contributed by atoms with Gasteiger partial charge < -0.3 is 15.2 Å². The van der Waals surface area contributed by atoms with Gasteiger partial charge >= 0.3 is 5.97 Å². The molecule has 2 N–H and O–H groups in total. The number of hydrogen-bond donors (Lipinski definition) is 2. The van der Waals surface area contributed by atoms with E-state index in [1.807, 2.05) is 19.2 Å². The number of carboxylic acids is 1. The highest BCUT2D eigenvalue weighted by molar-refractivity contribution is 5.87. The van der Waals surface area contributed by atoms with Crippen LogP contribution in [0.1, 0.15) is 41.6 Å². The van der Waals surface area contributed by atoms with E-state index in [9.17, 15) is 4.79 Å². The summed E-state index contributed by atoms with van der Waals surface area (Å²) in [6.07, 6.45) is 5.35. The van der Waals surface area contributed by atoms with E-state index in [1.54, 1.807) is 12.1 Å². The minimum Gasteiger partial charge on any atom is -0.478 e. The van der Waals surface area contributed by atoms with Crippen molar-refractivity contribution in [1.29, 1.82) is 0 Å². The van der Waals surface area contributed by atoms with Gasteiger partial charge in [0, 0.05) is 25.1 Å². The van der Waals surface area contributed by atoms with Crippen molar-refractivity contribution < 1.29 is 14.6 Å². The van der Waals surface area contributed by atoms with Crippen LogP contribution >= 0.6 is 0 Å². The van der Waals surface area contributed by atoms with Gasteiger partial charge in [0.25, 0.3) is 0 Å². The predicted molar refractivity (Wildman–Crippen MR) is 75.7 cm³/mol. The maximum Gasteiger partial charge on any atom is 0.335 e. The molecule has 3 rings (SSSR count). The summed E-state index contributed by atoms with van der Waals surface area (Å²) < 4.78 is 5.56. The first-order chi connectivity index (χ1) is 9.65. The van der Waals surface area contributed by atoms with Gasteiger partial charge in [0.1, 0.15) is 0 Å². The second kappa shape index (κ2) is 5.19. The molecule has 0 bridgehead atoms. The van der Waals surface area contributed by atoms with Gasteiger partial charge in [-0.3, -0.25) is 0 Å². The first kappa shape index (κ1) is 13.6. The number of aromatic carboxylic acids is 1. The van der Waals surface area contributed by atoms with Crippen molar-refractivity contribution in [2.24, 2.45) is 5.41 Å². The third-order valence-electron chi connectivity index (χ3n) is 5.11. The molecular weight excluding hydrogens is 254 g/mol. The minimum absolute atomic E-state index is 0.340. The van der Waals surface area contributed by atoms with Gasteiger partial charge in [0.05, 0.1) is 11.7 Å². The number of rotatable bonds is 5. The highest BCUT2D eigenvalue weighted by Crippen LogP contribution is 2.57. The smallest absolute Gasteiger partial charge is 0.335 e. The lowest BCUT2D eigenvalue weighted by molar-refractivity contribution is -0.161. The molecule has 0 aliphatic heterocycles. The van der Waals surface area contributed by atoms with Crippen molar-refractivity contribution in [3.8, 4) is 0 Å². The fraction of sp³-hybridized carbons (Fsp3) is 0.562. The summed E-state index contributed by atoms with van der Waals surface area (Å²) in [7, 11) is 1.81. The average Bonchev–Trinajstić information content (AvgIpc) is 2.36. The standard InChI is InChI=1S/C16H21NO3/c1-20-14-9-13(16(14)7-2-8-16)17-10-11-3-5-12(6-4-11)15(18)19/h3-6,13-14,17H,2,7-10H2,1H3,(H,18,19). The van der Waals surface area contributed by atoms with E-state index in [-0.39, 0.29) is 0 Å². The van der Waals surface area contributed by atoms with Crippen LogP contribution in [0.25, 0.3) is 0 Å². The lowest BCUT2D eigenvalue weighted by Crippen LogP contribution is -2.66. The maximum atomic E-state index is 10.8. The second-order valence-corrected chi connectivity index (χ2v) is 5.98. The molecule has 0 amide bonds. The van der Waals surface area contributed by atoms with Crippen LogP contribution in [0, 0.1) is 5.41 Å². The molecule has 4 heteroatoms. The summed E-state index contributed by atoms with van der Waals surface area (Å²) in [5.74, 6) is -0.875. The first-order valence-electron chi connectivity index (χ1n) is 7.24. The largest absolute Gasteiger partial charge is 0.478 e. The summed E-state index contributed by atoms with van der Waals surface area (Å²) in [6, 6.07) is 7.64. The zero-order valence-corrected chi connectivity index (χ0v) is 11.8. The van der Waals surface area contributed by atoms with Crippen LogP contribution in [0.5, 0.6) is 0 Å². The van der Waals surface area contributed by atoms with Gasteiger partial charge in [0.15, 0.2) is 0 Å². The summed E-state index contributed by atoms with van der Waals surface area (Å²) in [6.45, 7) is 0.794. The Hall–Kier alpha value is -1.39. The molecule has 2 aliphatic carbocycles. The second-order valence-electron chi connectivity index (χ2n) is 5.98. The Kier molecular flexibility index (Phi) is 3.52. The van der Waals surface area contributed by atoms with Gasteiger partial charge in [0.2, 0.25) is 0 Å². The molecule has 2 fully saturated rings. The molecule has 2 saturated carbocycles. The normalized spacial score (nSPS) is 26.9. The lowest BCUT2D eigenvalue weighted by Gasteiger charge is -2.61. The molecule has 4 nitrogen and oxygen atoms in total. The fourth-order valence-corrected chi connectivity index (χ4v) is 3.63. The Bertz CT molecular complexity index is 493. The highest BCUT2D eigenvalue weighted by atomic mass is 16.5. The number of carboxylic acid groups (broad SMARTS) is 1. The van der Waals surface area contributed by atoms with E-state index < -0.39 is 5.97 Å². The molecule has 1 aromatic rings. The summed E-state index contributed by atoms with van der Waals surface area (Å²) in [5.41, 5.74) is 1.84. The summed E-state index contributed by atoms with van der Waals surface area (Å²) >= 11 is 0. The highest BCUT2D eigenvalue weighted by Gasteiger charge is 2.58. The minimum atomic E-state index is -0.875. The van der Waals surface area contributed by atoms with Crippen molar-refractivity contribution in [3.63, 3.8) is 0 Å². The van der Waals surface area contributed by atoms with Crippen LogP contribution in [-0.2, 0) is 11.3 Å². The molecule has 0 aromatic heterocycles. The van der Waals surface area contributed by atoms with E-state index in [1.165, 1.54) is 19.3 Å². The topological polar surface area (TPSA) is 58.6 Å². The van der Waals surface area contributed by atoms with E-state index in [0.29, 0.717) is 23.1 Å². The van der Waals surface area contributed by atoms with E-state index >= 15 is 0 Å². The van der Waals surface area contributed by atoms with Crippen LogP contribution in [0.15, 0.2) is 24.3 Å². The van der Waals surface area contributed by atoms with Gasteiger partial charge in [-0.15, -0.1) is 0 Å². The molecule has 2 atom stereocenters. The van der Waals surface area contributed by atoms with Crippen LogP contribution < -0.4 is 5.32 Å². The SMILES string of the molecule is COC1CC(NCc2ccc(C(=O)O)cc2)C12CCC2. The van der Waals surface area contributed by atoms with E-state index in [2.05, 4.69) is 5.32 Å². The number of methoxy groups -OCH3 is 1. The van der Waals surface area contributed by atoms with Gasteiger partial charge in [-0.25, -0.2) is 4.79 Å². The molecule has 0 heterocycles. The molecule has 0 saturated heterocycles. The number of carbonyl (C=O) groups is 1. The van der Waals surface area contributed by atoms with Crippen LogP contribution in [-0.4, -0.2) is 30.3 Å². The lowest BCUT2D eigenvalue weighted by atomic mass is 9.51. The Morgan fingerprint density at radius 3 is 2.60 bits per heavy atom. The van der Waals surface area contributed by atoms with Crippen molar-refractivity contribution in [2.45, 2.75) is 44.4 Å². The van der Waals surface area contributed by atoms with Gasteiger partial charge in [-0.2, -0.15) is 0 Å². The quantitative estimate of drug-likeness (QED) is 0.866. The zero-order valence-electron chi connectivity index (χ0n) is 11.8. The number of nitrogens with one attached hydrogen (secondary N) is 1. The van der Waals surface area contributed by atoms with Crippen LogP contribution in [0.4, 0.5) is 0 Å². The van der Waals surface area contributed by atoms with E-state index in [0.717, 1.165) is 18.5 Å². The van der Waals surface area contributed by atoms with Crippen LogP contribution in [0.2, 0.25) is 0 Å². The Morgan fingerprint density at radius 2 is 2.10 bits per heavy atom. The molecule has 2 unspecified atom stereocenters. The van der Waals surface area contributed by atoms with Crippen molar-refractivity contribution in [3.05, 3.63) is 35.4 Å². The summed E-state index contributed by atoms with van der Waals surface area (Å²) in [5, 5.41) is 12.5. The monoisotopic (exact) mass is 275 g/mol. The number of ether oxygens (including phenoxy) is 1. The van der Waals surface area contributed by atoms with Gasteiger partial charge in [-0.1, -0.05) is 18.6 Å². The first-order valence-corrected chi connectivity index (χ1v) is 7.24. The Balaban J connectivity index is 1.56. The zero-order chi connectivity index (χ0) is 14.2. The van der Waals surface area contributed by atoms with Crippen molar-refractivity contribution in [2.75, 3.05) is 7.11 Å².